The molecule has 1 fully saturated rings. The average Bonchev–Trinajstić information content (AvgIpc) is 2.75. The van der Waals surface area contributed by atoms with Crippen LogP contribution in [0.2, 0.25) is 0 Å². The quantitative estimate of drug-likeness (QED) is 0.796. The highest BCUT2D eigenvalue weighted by Crippen LogP contribution is 2.30. The first-order valence-electron chi connectivity index (χ1n) is 7.93. The predicted octanol–water partition coefficient (Wildman–Crippen LogP) is 3.52. The molecule has 1 aliphatic carbocycles. The maximum atomic E-state index is 4.48. The van der Waals surface area contributed by atoms with Crippen molar-refractivity contribution in [3.8, 4) is 0 Å². The summed E-state index contributed by atoms with van der Waals surface area (Å²) in [5, 5.41) is 8.08. The molecule has 19 heavy (non-hydrogen) atoms. The van der Waals surface area contributed by atoms with Crippen LogP contribution in [0, 0.1) is 18.8 Å². The van der Waals surface area contributed by atoms with Gasteiger partial charge in [0.1, 0.15) is 0 Å². The number of aryl methyl sites for hydroxylation is 2. The molecule has 1 saturated carbocycles. The lowest BCUT2D eigenvalue weighted by Gasteiger charge is -2.26. The van der Waals surface area contributed by atoms with Crippen molar-refractivity contribution in [2.45, 2.75) is 66.0 Å². The normalized spacial score (nSPS) is 23.7. The molecule has 0 amide bonds. The molecule has 1 aromatic heterocycles. The molecule has 2 rings (SSSR count). The molecular formula is C16H29N3. The van der Waals surface area contributed by atoms with Crippen LogP contribution in [0.15, 0.2) is 6.07 Å². The Labute approximate surface area is 117 Å². The Balaban J connectivity index is 1.68. The van der Waals surface area contributed by atoms with Gasteiger partial charge in [-0.1, -0.05) is 26.2 Å². The Hall–Kier alpha value is -0.830. The van der Waals surface area contributed by atoms with E-state index in [9.17, 15) is 0 Å². The van der Waals surface area contributed by atoms with Gasteiger partial charge in [0.15, 0.2) is 0 Å². The van der Waals surface area contributed by atoms with E-state index < -0.39 is 0 Å². The molecule has 0 spiro atoms. The molecule has 1 heterocycles. The highest BCUT2D eigenvalue weighted by atomic mass is 15.3. The zero-order valence-electron chi connectivity index (χ0n) is 12.8. The molecule has 0 radical (unpaired) electrons. The average molecular weight is 263 g/mol. The van der Waals surface area contributed by atoms with Crippen LogP contribution in [0.5, 0.6) is 0 Å². The smallest absolute Gasteiger partial charge is 0.0597 e. The third-order valence-electron chi connectivity index (χ3n) is 4.37. The van der Waals surface area contributed by atoms with Crippen molar-refractivity contribution in [2.24, 2.45) is 11.8 Å². The third kappa shape index (κ3) is 4.34. The maximum Gasteiger partial charge on any atom is 0.0597 e. The van der Waals surface area contributed by atoms with E-state index in [-0.39, 0.29) is 0 Å². The summed E-state index contributed by atoms with van der Waals surface area (Å²) >= 11 is 0. The fourth-order valence-electron chi connectivity index (χ4n) is 3.36. The minimum Gasteiger partial charge on any atom is -0.311 e. The van der Waals surface area contributed by atoms with Crippen molar-refractivity contribution in [2.75, 3.05) is 6.54 Å². The molecule has 1 aromatic rings. The molecule has 1 N–H and O–H groups in total. The lowest BCUT2D eigenvalue weighted by atomic mass is 9.81. The van der Waals surface area contributed by atoms with Crippen LogP contribution in [0.3, 0.4) is 0 Å². The van der Waals surface area contributed by atoms with Crippen molar-refractivity contribution >= 4 is 0 Å². The van der Waals surface area contributed by atoms with Gasteiger partial charge >= 0.3 is 0 Å². The zero-order chi connectivity index (χ0) is 13.7. The van der Waals surface area contributed by atoms with Gasteiger partial charge in [-0.15, -0.1) is 0 Å². The standard InChI is InChI=1S/C16H29N3/c1-4-19-16(11-14(3)18-19)12-17-9-8-15-7-5-6-13(2)10-15/h11,13,15,17H,4-10,12H2,1-3H3. The fourth-order valence-corrected chi connectivity index (χ4v) is 3.36. The molecule has 2 atom stereocenters. The van der Waals surface area contributed by atoms with E-state index in [0.717, 1.165) is 37.2 Å². The Kier molecular flexibility index (Phi) is 5.44. The third-order valence-corrected chi connectivity index (χ3v) is 4.37. The summed E-state index contributed by atoms with van der Waals surface area (Å²) in [6, 6.07) is 2.19. The van der Waals surface area contributed by atoms with Gasteiger partial charge in [-0.2, -0.15) is 5.10 Å². The van der Waals surface area contributed by atoms with E-state index in [4.69, 9.17) is 0 Å². The van der Waals surface area contributed by atoms with Gasteiger partial charge in [0, 0.05) is 13.1 Å². The Morgan fingerprint density at radius 2 is 2.26 bits per heavy atom. The van der Waals surface area contributed by atoms with Gasteiger partial charge in [-0.25, -0.2) is 0 Å². The van der Waals surface area contributed by atoms with Crippen LogP contribution in [0.25, 0.3) is 0 Å². The molecule has 2 unspecified atom stereocenters. The van der Waals surface area contributed by atoms with E-state index in [1.54, 1.807) is 0 Å². The SMILES string of the molecule is CCn1nc(C)cc1CNCCC1CCCC(C)C1. The van der Waals surface area contributed by atoms with Crippen molar-refractivity contribution < 1.29 is 0 Å². The van der Waals surface area contributed by atoms with Crippen LogP contribution >= 0.6 is 0 Å². The summed E-state index contributed by atoms with van der Waals surface area (Å²) in [5.74, 6) is 1.90. The summed E-state index contributed by atoms with van der Waals surface area (Å²) < 4.78 is 2.10. The first-order valence-corrected chi connectivity index (χ1v) is 7.93. The van der Waals surface area contributed by atoms with E-state index in [0.29, 0.717) is 0 Å². The largest absolute Gasteiger partial charge is 0.311 e. The lowest BCUT2D eigenvalue weighted by molar-refractivity contribution is 0.267. The number of nitrogens with one attached hydrogen (secondary N) is 1. The summed E-state index contributed by atoms with van der Waals surface area (Å²) in [5.41, 5.74) is 2.44. The van der Waals surface area contributed by atoms with Crippen molar-refractivity contribution in [1.82, 2.24) is 15.1 Å². The Bertz CT molecular complexity index is 383. The van der Waals surface area contributed by atoms with Crippen molar-refractivity contribution in [3.63, 3.8) is 0 Å². The van der Waals surface area contributed by atoms with Crippen LogP contribution in [0.4, 0.5) is 0 Å². The van der Waals surface area contributed by atoms with Crippen molar-refractivity contribution in [3.05, 3.63) is 17.5 Å². The summed E-state index contributed by atoms with van der Waals surface area (Å²) in [6.07, 6.45) is 7.10. The summed E-state index contributed by atoms with van der Waals surface area (Å²) in [6.45, 7) is 9.69. The Morgan fingerprint density at radius 1 is 1.42 bits per heavy atom. The molecular weight excluding hydrogens is 234 g/mol. The molecule has 0 saturated heterocycles. The predicted molar refractivity (Wildman–Crippen MR) is 80.1 cm³/mol. The van der Waals surface area contributed by atoms with Gasteiger partial charge in [0.2, 0.25) is 0 Å². The van der Waals surface area contributed by atoms with Gasteiger partial charge in [-0.05, 0) is 51.1 Å². The number of hydrogen-bond donors (Lipinski definition) is 1. The van der Waals surface area contributed by atoms with Gasteiger partial charge in [0.25, 0.3) is 0 Å². The molecule has 0 aromatic carbocycles. The van der Waals surface area contributed by atoms with Crippen LogP contribution in [-0.4, -0.2) is 16.3 Å². The van der Waals surface area contributed by atoms with Gasteiger partial charge in [0.05, 0.1) is 11.4 Å². The number of nitrogens with zero attached hydrogens (tertiary/aromatic N) is 2. The first-order chi connectivity index (χ1) is 9.19. The topological polar surface area (TPSA) is 29.9 Å². The minimum atomic E-state index is 0.947. The molecule has 3 nitrogen and oxygen atoms in total. The van der Waals surface area contributed by atoms with E-state index in [1.807, 2.05) is 0 Å². The van der Waals surface area contributed by atoms with E-state index >= 15 is 0 Å². The van der Waals surface area contributed by atoms with Gasteiger partial charge in [-0.3, -0.25) is 4.68 Å². The number of rotatable bonds is 6. The maximum absolute atomic E-state index is 4.48. The highest BCUT2D eigenvalue weighted by molar-refractivity contribution is 5.08. The van der Waals surface area contributed by atoms with Crippen molar-refractivity contribution in [1.29, 1.82) is 0 Å². The van der Waals surface area contributed by atoms with Gasteiger partial charge < -0.3 is 5.32 Å². The fraction of sp³-hybridized carbons (Fsp3) is 0.812. The number of aromatic nitrogens is 2. The molecule has 0 bridgehead atoms. The molecule has 1 aliphatic rings. The first kappa shape index (κ1) is 14.6. The van der Waals surface area contributed by atoms with E-state index in [1.165, 1.54) is 37.8 Å². The van der Waals surface area contributed by atoms with E-state index in [2.05, 4.69) is 41.9 Å². The molecule has 3 heteroatoms. The molecule has 0 aliphatic heterocycles. The second-order valence-corrected chi connectivity index (χ2v) is 6.20. The second-order valence-electron chi connectivity index (χ2n) is 6.20. The lowest BCUT2D eigenvalue weighted by Crippen LogP contribution is -2.22. The van der Waals surface area contributed by atoms with Crippen LogP contribution in [-0.2, 0) is 13.1 Å². The van der Waals surface area contributed by atoms with Crippen LogP contribution < -0.4 is 5.32 Å². The second kappa shape index (κ2) is 7.09. The zero-order valence-corrected chi connectivity index (χ0v) is 12.8. The highest BCUT2D eigenvalue weighted by Gasteiger charge is 2.18. The Morgan fingerprint density at radius 3 is 3.00 bits per heavy atom. The van der Waals surface area contributed by atoms with Crippen LogP contribution in [0.1, 0.15) is 57.3 Å². The monoisotopic (exact) mass is 263 g/mol. The summed E-state index contributed by atoms with van der Waals surface area (Å²) in [4.78, 5) is 0. The number of hydrogen-bond acceptors (Lipinski definition) is 2. The molecule has 108 valence electrons. The summed E-state index contributed by atoms with van der Waals surface area (Å²) in [7, 11) is 0. The minimum absolute atomic E-state index is 0.947.